The molecule has 0 saturated carbocycles. The fraction of sp³-hybridized carbons (Fsp3) is 0.125. The van der Waals surface area contributed by atoms with Crippen LogP contribution in [0.5, 0.6) is 5.75 Å². The number of fused-ring (bicyclic) bond motifs is 1. The molecular formula is C16H12BrClN2O2. The lowest BCUT2D eigenvalue weighted by molar-refractivity contribution is 0.414. The van der Waals surface area contributed by atoms with Crippen molar-refractivity contribution in [3.05, 3.63) is 68.0 Å². The quantitative estimate of drug-likeness (QED) is 0.694. The van der Waals surface area contributed by atoms with Gasteiger partial charge in [0.1, 0.15) is 5.75 Å². The molecule has 0 fully saturated rings. The Bertz CT molecular complexity index is 891. The molecule has 22 heavy (non-hydrogen) atoms. The molecule has 0 unspecified atom stereocenters. The summed E-state index contributed by atoms with van der Waals surface area (Å²) in [6.45, 7) is 0.392. The van der Waals surface area contributed by atoms with Gasteiger partial charge in [-0.15, -0.1) is 0 Å². The minimum Gasteiger partial charge on any atom is -0.497 e. The largest absolute Gasteiger partial charge is 0.497 e. The highest BCUT2D eigenvalue weighted by molar-refractivity contribution is 9.10. The minimum absolute atomic E-state index is 0.170. The zero-order valence-corrected chi connectivity index (χ0v) is 14.1. The maximum Gasteiger partial charge on any atom is 0.275 e. The standard InChI is InChI=1S/C16H12BrClN2O2/c1-22-12-4-2-10(3-5-12)9-20-16(21)13-6-11(18)7-15(17)14(13)8-19-20/h2-8H,9H2,1H3. The van der Waals surface area contributed by atoms with Crippen molar-refractivity contribution in [1.29, 1.82) is 0 Å². The normalized spacial score (nSPS) is 10.9. The van der Waals surface area contributed by atoms with Crippen LogP contribution in [-0.2, 0) is 6.54 Å². The number of ether oxygens (including phenoxy) is 1. The van der Waals surface area contributed by atoms with Crippen LogP contribution in [-0.4, -0.2) is 16.9 Å². The van der Waals surface area contributed by atoms with E-state index in [0.717, 1.165) is 21.2 Å². The summed E-state index contributed by atoms with van der Waals surface area (Å²) in [5.74, 6) is 0.776. The third-order valence-electron chi connectivity index (χ3n) is 3.38. The Hall–Kier alpha value is -1.85. The third-order valence-corrected chi connectivity index (χ3v) is 4.25. The van der Waals surface area contributed by atoms with Gasteiger partial charge in [0, 0.05) is 14.9 Å². The Morgan fingerprint density at radius 3 is 2.64 bits per heavy atom. The summed E-state index contributed by atoms with van der Waals surface area (Å²) >= 11 is 9.43. The van der Waals surface area contributed by atoms with E-state index >= 15 is 0 Å². The van der Waals surface area contributed by atoms with Crippen LogP contribution in [0.2, 0.25) is 5.02 Å². The Labute approximate surface area is 140 Å². The average Bonchev–Trinajstić information content (AvgIpc) is 2.51. The van der Waals surface area contributed by atoms with Gasteiger partial charge >= 0.3 is 0 Å². The van der Waals surface area contributed by atoms with Crippen molar-refractivity contribution in [2.45, 2.75) is 6.54 Å². The lowest BCUT2D eigenvalue weighted by Crippen LogP contribution is -2.23. The van der Waals surface area contributed by atoms with E-state index in [-0.39, 0.29) is 5.56 Å². The van der Waals surface area contributed by atoms with Crippen molar-refractivity contribution in [1.82, 2.24) is 9.78 Å². The molecule has 1 aromatic heterocycles. The van der Waals surface area contributed by atoms with Gasteiger partial charge in [-0.2, -0.15) is 5.10 Å². The molecule has 0 amide bonds. The number of methoxy groups -OCH3 is 1. The van der Waals surface area contributed by atoms with Crippen molar-refractivity contribution >= 4 is 38.3 Å². The molecule has 0 spiro atoms. The van der Waals surface area contributed by atoms with Gasteiger partial charge in [0.15, 0.2) is 0 Å². The highest BCUT2D eigenvalue weighted by atomic mass is 79.9. The van der Waals surface area contributed by atoms with Crippen LogP contribution < -0.4 is 10.3 Å². The Balaban J connectivity index is 2.04. The molecule has 0 saturated heterocycles. The molecule has 0 radical (unpaired) electrons. The summed E-state index contributed by atoms with van der Waals surface area (Å²) in [6.07, 6.45) is 1.67. The first-order chi connectivity index (χ1) is 10.6. The van der Waals surface area contributed by atoms with Crippen molar-refractivity contribution in [3.8, 4) is 5.75 Å². The van der Waals surface area contributed by atoms with E-state index in [2.05, 4.69) is 21.0 Å². The summed E-state index contributed by atoms with van der Waals surface area (Å²) < 4.78 is 7.31. The molecular weight excluding hydrogens is 368 g/mol. The van der Waals surface area contributed by atoms with Gasteiger partial charge in [-0.05, 0) is 29.8 Å². The van der Waals surface area contributed by atoms with E-state index in [1.165, 1.54) is 4.68 Å². The van der Waals surface area contributed by atoms with E-state index in [1.807, 2.05) is 24.3 Å². The number of hydrogen-bond acceptors (Lipinski definition) is 3. The molecule has 3 rings (SSSR count). The van der Waals surface area contributed by atoms with E-state index in [0.29, 0.717) is 17.0 Å². The van der Waals surface area contributed by atoms with Gasteiger partial charge in [0.25, 0.3) is 5.56 Å². The maximum atomic E-state index is 12.6. The van der Waals surface area contributed by atoms with Gasteiger partial charge in [-0.25, -0.2) is 4.68 Å². The highest BCUT2D eigenvalue weighted by Gasteiger charge is 2.09. The third kappa shape index (κ3) is 2.87. The molecule has 0 aliphatic heterocycles. The Kier molecular flexibility index (Phi) is 4.18. The van der Waals surface area contributed by atoms with Gasteiger partial charge in [-0.1, -0.05) is 39.7 Å². The monoisotopic (exact) mass is 378 g/mol. The molecule has 3 aromatic rings. The first-order valence-electron chi connectivity index (χ1n) is 6.56. The summed E-state index contributed by atoms with van der Waals surface area (Å²) in [6, 6.07) is 10.9. The maximum absolute atomic E-state index is 12.6. The molecule has 0 atom stereocenters. The van der Waals surface area contributed by atoms with Crippen molar-refractivity contribution in [2.24, 2.45) is 0 Å². The molecule has 0 N–H and O–H groups in total. The lowest BCUT2D eigenvalue weighted by Gasteiger charge is -2.08. The highest BCUT2D eigenvalue weighted by Crippen LogP contribution is 2.25. The number of hydrogen-bond donors (Lipinski definition) is 0. The summed E-state index contributed by atoms with van der Waals surface area (Å²) in [5.41, 5.74) is 0.798. The van der Waals surface area contributed by atoms with Gasteiger partial charge in [0.2, 0.25) is 0 Å². The van der Waals surface area contributed by atoms with Crippen LogP contribution in [0.15, 0.2) is 51.9 Å². The van der Waals surface area contributed by atoms with Crippen molar-refractivity contribution < 1.29 is 4.74 Å². The van der Waals surface area contributed by atoms with E-state index in [4.69, 9.17) is 16.3 Å². The molecule has 6 heteroatoms. The topological polar surface area (TPSA) is 44.1 Å². The van der Waals surface area contributed by atoms with Crippen LogP contribution in [0.3, 0.4) is 0 Å². The van der Waals surface area contributed by atoms with Gasteiger partial charge < -0.3 is 4.74 Å². The number of nitrogens with zero attached hydrogens (tertiary/aromatic N) is 2. The summed E-state index contributed by atoms with van der Waals surface area (Å²) in [4.78, 5) is 12.6. The van der Waals surface area contributed by atoms with Crippen LogP contribution in [0.4, 0.5) is 0 Å². The summed E-state index contributed by atoms with van der Waals surface area (Å²) in [7, 11) is 1.62. The molecule has 0 bridgehead atoms. The second kappa shape index (κ2) is 6.10. The minimum atomic E-state index is -0.170. The van der Waals surface area contributed by atoms with Crippen molar-refractivity contribution in [2.75, 3.05) is 7.11 Å². The predicted molar refractivity (Wildman–Crippen MR) is 90.8 cm³/mol. The van der Waals surface area contributed by atoms with Crippen LogP contribution in [0, 0.1) is 0 Å². The van der Waals surface area contributed by atoms with E-state index < -0.39 is 0 Å². The molecule has 0 aliphatic carbocycles. The molecule has 2 aromatic carbocycles. The Morgan fingerprint density at radius 1 is 1.23 bits per heavy atom. The first kappa shape index (κ1) is 15.1. The second-order valence-electron chi connectivity index (χ2n) is 4.80. The predicted octanol–water partition coefficient (Wildman–Crippen LogP) is 3.87. The fourth-order valence-corrected chi connectivity index (χ4v) is 3.14. The number of benzene rings is 2. The van der Waals surface area contributed by atoms with Crippen molar-refractivity contribution in [3.63, 3.8) is 0 Å². The fourth-order valence-electron chi connectivity index (χ4n) is 2.23. The number of aromatic nitrogens is 2. The molecule has 1 heterocycles. The lowest BCUT2D eigenvalue weighted by atomic mass is 10.2. The first-order valence-corrected chi connectivity index (χ1v) is 7.73. The zero-order chi connectivity index (χ0) is 15.7. The van der Waals surface area contributed by atoms with Crippen LogP contribution >= 0.6 is 27.5 Å². The molecule has 112 valence electrons. The summed E-state index contributed by atoms with van der Waals surface area (Å²) in [5, 5.41) is 6.04. The average molecular weight is 380 g/mol. The smallest absolute Gasteiger partial charge is 0.275 e. The Morgan fingerprint density at radius 2 is 1.95 bits per heavy atom. The van der Waals surface area contributed by atoms with Crippen LogP contribution in [0.1, 0.15) is 5.56 Å². The van der Waals surface area contributed by atoms with Gasteiger partial charge in [-0.3, -0.25) is 4.79 Å². The number of halogens is 2. The SMILES string of the molecule is COc1ccc(Cn2ncc3c(Br)cc(Cl)cc3c2=O)cc1. The second-order valence-corrected chi connectivity index (χ2v) is 6.10. The zero-order valence-electron chi connectivity index (χ0n) is 11.7. The van der Waals surface area contributed by atoms with E-state index in [9.17, 15) is 4.79 Å². The molecule has 4 nitrogen and oxygen atoms in total. The van der Waals surface area contributed by atoms with Crippen LogP contribution in [0.25, 0.3) is 10.8 Å². The van der Waals surface area contributed by atoms with E-state index in [1.54, 1.807) is 25.4 Å². The van der Waals surface area contributed by atoms with Gasteiger partial charge in [0.05, 0.1) is 25.2 Å². The number of rotatable bonds is 3. The molecule has 0 aliphatic rings.